The molecule has 1 N–H and O–H groups in total. The SMILES string of the molecule is COc1cc2c(c(OC)c1OC)-c1ccc([S@@](C)=O)c(=O)cc1[C@H](NC(C)=O)CC2. The summed E-state index contributed by atoms with van der Waals surface area (Å²) in [5.41, 5.74) is 2.73. The summed E-state index contributed by atoms with van der Waals surface area (Å²) in [6, 6.07) is 6.32. The molecule has 0 radical (unpaired) electrons. The number of benzene rings is 1. The predicted octanol–water partition coefficient (Wildman–Crippen LogP) is 2.60. The molecule has 7 nitrogen and oxygen atoms in total. The Hall–Kier alpha value is -2.87. The predicted molar refractivity (Wildman–Crippen MR) is 115 cm³/mol. The highest BCUT2D eigenvalue weighted by Gasteiger charge is 2.29. The van der Waals surface area contributed by atoms with E-state index in [1.54, 1.807) is 26.4 Å². The number of aryl methyl sites for hydroxylation is 1. The van der Waals surface area contributed by atoms with Crippen molar-refractivity contribution >= 4 is 16.7 Å². The van der Waals surface area contributed by atoms with Crippen LogP contribution in [0.15, 0.2) is 34.0 Å². The molecule has 0 aliphatic heterocycles. The molecule has 1 aliphatic carbocycles. The highest BCUT2D eigenvalue weighted by atomic mass is 32.2. The minimum atomic E-state index is -1.45. The van der Waals surface area contributed by atoms with E-state index in [-0.39, 0.29) is 22.3 Å². The molecule has 0 fully saturated rings. The van der Waals surface area contributed by atoms with Crippen LogP contribution in [0.3, 0.4) is 0 Å². The summed E-state index contributed by atoms with van der Waals surface area (Å²) in [4.78, 5) is 24.9. The van der Waals surface area contributed by atoms with Crippen molar-refractivity contribution in [1.82, 2.24) is 5.32 Å². The zero-order valence-corrected chi connectivity index (χ0v) is 18.5. The van der Waals surface area contributed by atoms with Crippen LogP contribution in [0.25, 0.3) is 11.1 Å². The van der Waals surface area contributed by atoms with Crippen LogP contribution in [0, 0.1) is 0 Å². The molecule has 3 rings (SSSR count). The maximum atomic E-state index is 12.8. The fourth-order valence-corrected chi connectivity index (χ4v) is 4.53. The van der Waals surface area contributed by atoms with E-state index in [4.69, 9.17) is 14.2 Å². The van der Waals surface area contributed by atoms with Crippen molar-refractivity contribution < 1.29 is 23.2 Å². The summed E-state index contributed by atoms with van der Waals surface area (Å²) < 4.78 is 28.8. The van der Waals surface area contributed by atoms with Crippen molar-refractivity contribution in [2.24, 2.45) is 0 Å². The standard InChI is InChI=1S/C22H25NO6S/c1-12(24)23-16-8-6-13-10-18(27-2)21(28-3)22(29-4)20(13)14-7-9-19(30(5)26)17(25)11-15(14)16/h7,9-11,16H,6,8H2,1-5H3,(H,23,24)/t16-,30-/m1/s1. The van der Waals surface area contributed by atoms with Gasteiger partial charge >= 0.3 is 0 Å². The first-order valence-electron chi connectivity index (χ1n) is 9.43. The van der Waals surface area contributed by atoms with Gasteiger partial charge in [-0.15, -0.1) is 0 Å². The van der Waals surface area contributed by atoms with Crippen LogP contribution >= 0.6 is 0 Å². The number of rotatable bonds is 5. The highest BCUT2D eigenvalue weighted by molar-refractivity contribution is 7.84. The topological polar surface area (TPSA) is 90.9 Å². The van der Waals surface area contributed by atoms with Crippen LogP contribution in [0.4, 0.5) is 0 Å². The first kappa shape index (κ1) is 21.8. The Morgan fingerprint density at radius 3 is 2.37 bits per heavy atom. The highest BCUT2D eigenvalue weighted by Crippen LogP contribution is 2.50. The number of hydrogen-bond acceptors (Lipinski definition) is 6. The Kier molecular flexibility index (Phi) is 6.45. The normalized spacial score (nSPS) is 15.8. The first-order valence-corrected chi connectivity index (χ1v) is 11.0. The number of ether oxygens (including phenoxy) is 3. The minimum absolute atomic E-state index is 0.197. The Balaban J connectivity index is 2.44. The Morgan fingerprint density at radius 1 is 1.10 bits per heavy atom. The third-order valence-electron chi connectivity index (χ3n) is 5.19. The molecule has 2 aromatic carbocycles. The summed E-state index contributed by atoms with van der Waals surface area (Å²) in [5, 5.41) is 2.94. The first-order chi connectivity index (χ1) is 14.3. The van der Waals surface area contributed by atoms with Gasteiger partial charge in [0.1, 0.15) is 0 Å². The Morgan fingerprint density at radius 2 is 1.80 bits per heavy atom. The second-order valence-electron chi connectivity index (χ2n) is 7.00. The molecular formula is C22H25NO6S. The van der Waals surface area contributed by atoms with Crippen LogP contribution in [0.1, 0.15) is 30.5 Å². The Labute approximate surface area is 177 Å². The molecule has 30 heavy (non-hydrogen) atoms. The molecule has 1 amide bonds. The van der Waals surface area contributed by atoms with Crippen LogP contribution < -0.4 is 25.0 Å². The number of amides is 1. The molecule has 8 heteroatoms. The van der Waals surface area contributed by atoms with Gasteiger partial charge < -0.3 is 19.5 Å². The third kappa shape index (κ3) is 3.92. The summed E-state index contributed by atoms with van der Waals surface area (Å²) >= 11 is 0. The van der Waals surface area contributed by atoms with Crippen LogP contribution in [-0.2, 0) is 22.0 Å². The molecule has 1 aliphatic rings. The van der Waals surface area contributed by atoms with Crippen molar-refractivity contribution in [1.29, 1.82) is 0 Å². The van der Waals surface area contributed by atoms with Crippen LogP contribution in [0.2, 0.25) is 0 Å². The van der Waals surface area contributed by atoms with E-state index in [9.17, 15) is 13.8 Å². The van der Waals surface area contributed by atoms with E-state index >= 15 is 0 Å². The zero-order chi connectivity index (χ0) is 22.0. The molecule has 2 atom stereocenters. The molecule has 0 aromatic heterocycles. The second-order valence-corrected chi connectivity index (χ2v) is 8.35. The van der Waals surface area contributed by atoms with Crippen LogP contribution in [-0.4, -0.2) is 37.7 Å². The van der Waals surface area contributed by atoms with E-state index in [0.717, 1.165) is 11.1 Å². The number of methoxy groups -OCH3 is 3. The van der Waals surface area contributed by atoms with Gasteiger partial charge in [0, 0.05) is 18.7 Å². The van der Waals surface area contributed by atoms with E-state index in [2.05, 4.69) is 5.32 Å². The molecule has 0 unspecified atom stereocenters. The summed E-state index contributed by atoms with van der Waals surface area (Å²) in [6.07, 6.45) is 2.66. The molecule has 0 heterocycles. The van der Waals surface area contributed by atoms with E-state index in [1.807, 2.05) is 6.07 Å². The fourth-order valence-electron chi connectivity index (χ4n) is 3.93. The van der Waals surface area contributed by atoms with Crippen molar-refractivity contribution in [3.63, 3.8) is 0 Å². The van der Waals surface area contributed by atoms with Gasteiger partial charge in [-0.1, -0.05) is 6.07 Å². The third-order valence-corrected chi connectivity index (χ3v) is 6.14. The minimum Gasteiger partial charge on any atom is -0.493 e. The van der Waals surface area contributed by atoms with Gasteiger partial charge in [-0.2, -0.15) is 0 Å². The fraction of sp³-hybridized carbons (Fsp3) is 0.364. The van der Waals surface area contributed by atoms with E-state index < -0.39 is 10.8 Å². The Bertz CT molecular complexity index is 1080. The van der Waals surface area contributed by atoms with Gasteiger partial charge in [0.25, 0.3) is 0 Å². The smallest absolute Gasteiger partial charge is 0.217 e. The lowest BCUT2D eigenvalue weighted by molar-refractivity contribution is -0.119. The summed E-state index contributed by atoms with van der Waals surface area (Å²) in [5.74, 6) is 1.26. The zero-order valence-electron chi connectivity index (χ0n) is 17.7. The lowest BCUT2D eigenvalue weighted by atomic mass is 9.95. The van der Waals surface area contributed by atoms with Crippen molar-refractivity contribution in [3.8, 4) is 28.4 Å². The second kappa shape index (κ2) is 8.87. The molecule has 0 saturated carbocycles. The monoisotopic (exact) mass is 431 g/mol. The van der Waals surface area contributed by atoms with Crippen molar-refractivity contribution in [2.75, 3.05) is 27.6 Å². The molecule has 0 bridgehead atoms. The number of carbonyl (C=O) groups excluding carboxylic acids is 1. The van der Waals surface area contributed by atoms with Gasteiger partial charge in [-0.05, 0) is 47.7 Å². The summed E-state index contributed by atoms with van der Waals surface area (Å²) in [7, 11) is 3.18. The lowest BCUT2D eigenvalue weighted by Gasteiger charge is -2.19. The van der Waals surface area contributed by atoms with Crippen molar-refractivity contribution in [3.05, 3.63) is 45.6 Å². The maximum Gasteiger partial charge on any atom is 0.217 e. The van der Waals surface area contributed by atoms with Gasteiger partial charge in [-0.3, -0.25) is 13.8 Å². The quantitative estimate of drug-likeness (QED) is 0.783. The lowest BCUT2D eigenvalue weighted by Crippen LogP contribution is -2.26. The average Bonchev–Trinajstić information content (AvgIpc) is 2.95. The van der Waals surface area contributed by atoms with Gasteiger partial charge in [0.05, 0.1) is 43.1 Å². The number of carbonyl (C=O) groups is 1. The van der Waals surface area contributed by atoms with E-state index in [0.29, 0.717) is 41.2 Å². The molecule has 160 valence electrons. The van der Waals surface area contributed by atoms with Crippen LogP contribution in [0.5, 0.6) is 17.2 Å². The van der Waals surface area contributed by atoms with Gasteiger partial charge in [-0.25, -0.2) is 0 Å². The molecular weight excluding hydrogens is 406 g/mol. The van der Waals surface area contributed by atoms with Gasteiger partial charge in [0.2, 0.25) is 11.7 Å². The average molecular weight is 432 g/mol. The van der Waals surface area contributed by atoms with Gasteiger partial charge in [0.15, 0.2) is 16.9 Å². The number of fused-ring (bicyclic) bond motifs is 3. The summed E-state index contributed by atoms with van der Waals surface area (Å²) in [6.45, 7) is 1.44. The molecule has 0 spiro atoms. The number of nitrogens with one attached hydrogen (secondary N) is 1. The molecule has 0 saturated heterocycles. The maximum absolute atomic E-state index is 12.8. The number of hydrogen-bond donors (Lipinski definition) is 1. The van der Waals surface area contributed by atoms with E-state index in [1.165, 1.54) is 26.4 Å². The molecule has 2 aromatic rings. The largest absolute Gasteiger partial charge is 0.493 e. The van der Waals surface area contributed by atoms with Crippen molar-refractivity contribution in [2.45, 2.75) is 30.7 Å².